The van der Waals surface area contributed by atoms with E-state index in [0.29, 0.717) is 93.3 Å². The third-order valence-electron chi connectivity index (χ3n) is 13.5. The lowest BCUT2D eigenvalue weighted by molar-refractivity contribution is -0.00424. The molecule has 8 aromatic rings. The number of piperazine rings is 1. The van der Waals surface area contributed by atoms with Crippen LogP contribution < -0.4 is 10.1 Å². The van der Waals surface area contributed by atoms with Crippen LogP contribution in [0.1, 0.15) is 45.5 Å². The van der Waals surface area contributed by atoms with Crippen molar-refractivity contribution in [2.75, 3.05) is 111 Å². The van der Waals surface area contributed by atoms with Gasteiger partial charge in [0.25, 0.3) is 0 Å². The number of carbonyl (C=O) groups is 1. The number of halogens is 3. The topological polar surface area (TPSA) is 177 Å². The number of rotatable bonds is 30. The highest BCUT2D eigenvalue weighted by atomic mass is 35.5. The zero-order chi connectivity index (χ0) is 54.1. The number of carboxylic acids is 1. The van der Waals surface area contributed by atoms with Crippen molar-refractivity contribution in [3.8, 4) is 16.9 Å². The minimum Gasteiger partial charge on any atom is -0.487 e. The van der Waals surface area contributed by atoms with Gasteiger partial charge in [-0.1, -0.05) is 88.5 Å². The zero-order valence-corrected chi connectivity index (χ0v) is 45.9. The van der Waals surface area contributed by atoms with E-state index in [0.717, 1.165) is 96.0 Å². The normalized spacial score (nSPS) is 13.4. The van der Waals surface area contributed by atoms with Gasteiger partial charge in [0.15, 0.2) is 0 Å². The molecule has 1 saturated heterocycles. The van der Waals surface area contributed by atoms with Crippen molar-refractivity contribution in [1.29, 1.82) is 0 Å². The molecule has 4 heterocycles. The van der Waals surface area contributed by atoms with E-state index in [2.05, 4.69) is 78.8 Å². The Hall–Kier alpha value is -6.22. The average Bonchev–Trinajstić information content (AvgIpc) is 4.13. The summed E-state index contributed by atoms with van der Waals surface area (Å²) in [5, 5.41) is 25.1. The molecule has 20 heteroatoms. The predicted molar refractivity (Wildman–Crippen MR) is 305 cm³/mol. The molecular formula is C58H65Cl3N10O7. The fourth-order valence-corrected chi connectivity index (χ4v) is 9.89. The molecule has 0 amide bonds. The number of hydrogen-bond acceptors (Lipinski definition) is 14. The van der Waals surface area contributed by atoms with Crippen molar-refractivity contribution >= 4 is 68.4 Å². The maximum Gasteiger partial charge on any atom is 0.337 e. The predicted octanol–water partition coefficient (Wildman–Crippen LogP) is 10.0. The lowest BCUT2D eigenvalue weighted by Gasteiger charge is -2.39. The summed E-state index contributed by atoms with van der Waals surface area (Å²) < 4.78 is 30.6. The standard InChI is InChI=1S/C58H65Cl3N10O7/c1-68(20-4-19-62-57-48-5-2-3-6-53(48)64-55(65-57)39-69-21-23-70(24-22-69)56(42-7-13-44(59)14-8-42)43-9-15-45(60)16-10-43)25-27-74-29-31-76-33-34-77-32-30-75-28-26-71-38-46(66-67-71)40-78-47-17-11-41(12-18-47)49-35-50-51(58(72)73)37-63-54(50)36-52(49)61/h2-3,5-18,35-38,56,63H,4,19-34,39-40H2,1H3,(H,72,73)(H,62,64,65). The molecule has 0 unspecified atom stereocenters. The van der Waals surface area contributed by atoms with Gasteiger partial charge in [-0.05, 0) is 97.4 Å². The summed E-state index contributed by atoms with van der Waals surface area (Å²) in [4.78, 5) is 31.9. The Balaban J connectivity index is 0.583. The van der Waals surface area contributed by atoms with Gasteiger partial charge in [0.1, 0.15) is 29.7 Å². The van der Waals surface area contributed by atoms with Crippen LogP contribution in [0.15, 0.2) is 122 Å². The number of H-pyrrole nitrogens is 1. The summed E-state index contributed by atoms with van der Waals surface area (Å²) in [7, 11) is 2.12. The first-order valence-corrected chi connectivity index (χ1v) is 27.4. The van der Waals surface area contributed by atoms with Crippen LogP contribution in [0.4, 0.5) is 5.82 Å². The van der Waals surface area contributed by atoms with Crippen LogP contribution in [-0.4, -0.2) is 161 Å². The number of hydrogen-bond donors (Lipinski definition) is 3. The fourth-order valence-electron chi connectivity index (χ4n) is 9.37. The molecular weight excluding hydrogens is 1060 g/mol. The Bertz CT molecular complexity index is 3110. The smallest absolute Gasteiger partial charge is 0.337 e. The van der Waals surface area contributed by atoms with Gasteiger partial charge in [0, 0.05) is 77.4 Å². The number of aromatic amines is 1. The number of para-hydroxylation sites is 1. The average molecular weight is 1120 g/mol. The molecule has 9 rings (SSSR count). The largest absolute Gasteiger partial charge is 0.487 e. The second kappa shape index (κ2) is 28.6. The molecule has 1 fully saturated rings. The number of benzene rings is 5. The molecule has 5 aromatic carbocycles. The molecule has 0 atom stereocenters. The molecule has 17 nitrogen and oxygen atoms in total. The lowest BCUT2D eigenvalue weighted by Crippen LogP contribution is -2.47. The van der Waals surface area contributed by atoms with E-state index < -0.39 is 5.97 Å². The Morgan fingerprint density at radius 3 is 2.09 bits per heavy atom. The van der Waals surface area contributed by atoms with Crippen LogP contribution in [-0.2, 0) is 38.6 Å². The Morgan fingerprint density at radius 1 is 0.756 bits per heavy atom. The first-order valence-electron chi connectivity index (χ1n) is 26.3. The SMILES string of the molecule is CN(CCCNc1nc(CN2CCN(C(c3ccc(Cl)cc3)c3ccc(Cl)cc3)CC2)nc2ccccc12)CCOCCOCCOCCOCCn1cc(COc2ccc(-c3cc4c(C(=O)O)c[nH]c4cc3Cl)cc2)nn1. The number of nitrogens with one attached hydrogen (secondary N) is 2. The zero-order valence-electron chi connectivity index (χ0n) is 43.7. The van der Waals surface area contributed by atoms with Crippen LogP contribution in [0.3, 0.4) is 0 Å². The lowest BCUT2D eigenvalue weighted by atomic mass is 9.96. The van der Waals surface area contributed by atoms with Gasteiger partial charge in [-0.3, -0.25) is 9.80 Å². The number of nitrogens with zero attached hydrogens (tertiary/aromatic N) is 8. The van der Waals surface area contributed by atoms with Gasteiger partial charge in [0.05, 0.1) is 94.3 Å². The highest BCUT2D eigenvalue weighted by molar-refractivity contribution is 6.34. The van der Waals surface area contributed by atoms with Gasteiger partial charge in [-0.2, -0.15) is 0 Å². The molecule has 0 spiro atoms. The Kier molecular flexibility index (Phi) is 20.7. The maximum atomic E-state index is 11.6. The number of anilines is 1. The van der Waals surface area contributed by atoms with Crippen molar-refractivity contribution in [3.63, 3.8) is 0 Å². The number of aromatic carboxylic acids is 1. The monoisotopic (exact) mass is 1120 g/mol. The molecule has 0 radical (unpaired) electrons. The van der Waals surface area contributed by atoms with Crippen LogP contribution in [0, 0.1) is 0 Å². The third kappa shape index (κ3) is 16.0. The first kappa shape index (κ1) is 56.5. The van der Waals surface area contributed by atoms with Gasteiger partial charge in [0.2, 0.25) is 0 Å². The third-order valence-corrected chi connectivity index (χ3v) is 14.3. The second-order valence-electron chi connectivity index (χ2n) is 19.0. The molecule has 410 valence electrons. The van der Waals surface area contributed by atoms with Crippen LogP contribution in [0.2, 0.25) is 15.1 Å². The second-order valence-corrected chi connectivity index (χ2v) is 20.3. The molecule has 78 heavy (non-hydrogen) atoms. The van der Waals surface area contributed by atoms with Gasteiger partial charge in [-0.25, -0.2) is 19.4 Å². The van der Waals surface area contributed by atoms with Gasteiger partial charge in [-0.15, -0.1) is 5.10 Å². The summed E-state index contributed by atoms with van der Waals surface area (Å²) in [6.07, 6.45) is 4.25. The Morgan fingerprint density at radius 2 is 1.41 bits per heavy atom. The molecule has 1 aliphatic heterocycles. The summed E-state index contributed by atoms with van der Waals surface area (Å²) in [5.74, 6) is 1.34. The number of aromatic nitrogens is 6. The van der Waals surface area contributed by atoms with Crippen molar-refractivity contribution < 1.29 is 33.6 Å². The van der Waals surface area contributed by atoms with Crippen molar-refractivity contribution in [3.05, 3.63) is 165 Å². The molecule has 1 aliphatic rings. The van der Waals surface area contributed by atoms with E-state index in [-0.39, 0.29) is 18.2 Å². The van der Waals surface area contributed by atoms with Crippen LogP contribution in [0.5, 0.6) is 5.75 Å². The van der Waals surface area contributed by atoms with E-state index in [9.17, 15) is 9.90 Å². The van der Waals surface area contributed by atoms with E-state index in [1.807, 2.05) is 66.9 Å². The number of likely N-dealkylation sites (N-methyl/N-ethyl adjacent to an activating group) is 1. The van der Waals surface area contributed by atoms with E-state index in [1.165, 1.54) is 17.3 Å². The van der Waals surface area contributed by atoms with Crippen molar-refractivity contribution in [2.45, 2.75) is 32.2 Å². The van der Waals surface area contributed by atoms with Crippen molar-refractivity contribution in [2.24, 2.45) is 0 Å². The highest BCUT2D eigenvalue weighted by Crippen LogP contribution is 2.35. The van der Waals surface area contributed by atoms with Crippen molar-refractivity contribution in [1.82, 2.24) is 44.6 Å². The molecule has 3 N–H and O–H groups in total. The quantitative estimate of drug-likeness (QED) is 0.0362. The minimum absolute atomic E-state index is 0.108. The van der Waals surface area contributed by atoms with Gasteiger partial charge >= 0.3 is 5.97 Å². The molecule has 0 bridgehead atoms. The molecule has 0 aliphatic carbocycles. The van der Waals surface area contributed by atoms with E-state index in [4.69, 9.17) is 68.5 Å². The molecule has 3 aromatic heterocycles. The van der Waals surface area contributed by atoms with Crippen LogP contribution in [0.25, 0.3) is 32.9 Å². The van der Waals surface area contributed by atoms with E-state index >= 15 is 0 Å². The van der Waals surface area contributed by atoms with Gasteiger partial charge < -0.3 is 44.0 Å². The summed E-state index contributed by atoms with van der Waals surface area (Å²) in [5.41, 5.74) is 6.47. The molecule has 0 saturated carbocycles. The summed E-state index contributed by atoms with van der Waals surface area (Å²) in [6, 6.07) is 35.6. The Labute approximate surface area is 469 Å². The number of carboxylic acid groups (broad SMARTS) is 1. The highest BCUT2D eigenvalue weighted by Gasteiger charge is 2.27. The maximum absolute atomic E-state index is 11.6. The number of ether oxygens (including phenoxy) is 5. The minimum atomic E-state index is -1.00. The summed E-state index contributed by atoms with van der Waals surface area (Å²) >= 11 is 19.1. The first-order chi connectivity index (χ1) is 38.1. The summed E-state index contributed by atoms with van der Waals surface area (Å²) in [6.45, 7) is 11.6. The number of fused-ring (bicyclic) bond motifs is 2. The van der Waals surface area contributed by atoms with Crippen LogP contribution >= 0.6 is 34.8 Å². The van der Waals surface area contributed by atoms with E-state index in [1.54, 1.807) is 16.8 Å². The fraction of sp³-hybridized carbons (Fsp3) is 0.362.